The molecule has 0 radical (unpaired) electrons. The molecule has 0 fully saturated rings. The predicted octanol–water partition coefficient (Wildman–Crippen LogP) is 2.55. The Balaban J connectivity index is 2.00. The number of amides is 1. The molecular formula is C22H22N4O4S. The lowest BCUT2D eigenvalue weighted by Gasteiger charge is -2.12. The van der Waals surface area contributed by atoms with E-state index in [4.69, 9.17) is 0 Å². The first-order chi connectivity index (χ1) is 14.8. The zero-order chi connectivity index (χ0) is 22.5. The number of aliphatic imine (C=N–C) groups is 1. The molecule has 1 amide bonds. The number of anilines is 1. The summed E-state index contributed by atoms with van der Waals surface area (Å²) in [5, 5.41) is 13.5. The summed E-state index contributed by atoms with van der Waals surface area (Å²) >= 11 is 1.00. The zero-order valence-corrected chi connectivity index (χ0v) is 18.1. The molecule has 0 unspecified atom stereocenters. The minimum Gasteiger partial charge on any atom is -0.494 e. The molecule has 0 aliphatic carbocycles. The molecule has 31 heavy (non-hydrogen) atoms. The first kappa shape index (κ1) is 22.1. The van der Waals surface area contributed by atoms with E-state index in [1.165, 1.54) is 14.1 Å². The normalized spacial score (nSPS) is 11.4. The smallest absolute Gasteiger partial charge is 0.333 e. The highest BCUT2D eigenvalue weighted by atomic mass is 32.2. The molecular weight excluding hydrogens is 416 g/mol. The van der Waals surface area contributed by atoms with E-state index in [1.807, 2.05) is 31.2 Å². The topological polar surface area (TPSA) is 106 Å². The van der Waals surface area contributed by atoms with Gasteiger partial charge in [0.25, 0.3) is 5.56 Å². The van der Waals surface area contributed by atoms with Crippen LogP contribution in [0, 0.1) is 6.92 Å². The maximum Gasteiger partial charge on any atom is 0.333 e. The van der Waals surface area contributed by atoms with Gasteiger partial charge >= 0.3 is 5.69 Å². The lowest BCUT2D eigenvalue weighted by atomic mass is 10.2. The van der Waals surface area contributed by atoms with E-state index in [9.17, 15) is 19.5 Å². The van der Waals surface area contributed by atoms with Crippen molar-refractivity contribution in [3.8, 4) is 5.88 Å². The number of carbonyl (C=O) groups is 1. The fraction of sp³-hybridized carbons (Fsp3) is 0.182. The fourth-order valence-electron chi connectivity index (χ4n) is 2.85. The molecule has 1 heterocycles. The van der Waals surface area contributed by atoms with Crippen molar-refractivity contribution >= 4 is 34.1 Å². The van der Waals surface area contributed by atoms with Gasteiger partial charge in [-0.2, -0.15) is 0 Å². The number of aromatic nitrogens is 2. The van der Waals surface area contributed by atoms with Crippen LogP contribution in [0.2, 0.25) is 0 Å². The van der Waals surface area contributed by atoms with Crippen molar-refractivity contribution in [2.75, 3.05) is 11.1 Å². The van der Waals surface area contributed by atoms with E-state index >= 15 is 0 Å². The van der Waals surface area contributed by atoms with E-state index in [-0.39, 0.29) is 22.3 Å². The van der Waals surface area contributed by atoms with Crippen LogP contribution in [-0.2, 0) is 18.9 Å². The van der Waals surface area contributed by atoms with Gasteiger partial charge in [-0.3, -0.25) is 18.7 Å². The second-order valence-electron chi connectivity index (χ2n) is 6.86. The fourth-order valence-corrected chi connectivity index (χ4v) is 3.68. The molecule has 9 heteroatoms. The number of aromatic hydroxyl groups is 1. The summed E-state index contributed by atoms with van der Waals surface area (Å²) in [6.07, 6.45) is 0. The van der Waals surface area contributed by atoms with Gasteiger partial charge in [0.05, 0.1) is 11.4 Å². The highest BCUT2D eigenvalue weighted by molar-refractivity contribution is 8.15. The van der Waals surface area contributed by atoms with Crippen molar-refractivity contribution in [1.82, 2.24) is 9.13 Å². The lowest BCUT2D eigenvalue weighted by molar-refractivity contribution is -0.113. The highest BCUT2D eigenvalue weighted by Gasteiger charge is 2.21. The van der Waals surface area contributed by atoms with Crippen molar-refractivity contribution in [3.63, 3.8) is 0 Å². The van der Waals surface area contributed by atoms with Crippen LogP contribution in [0.4, 0.5) is 11.4 Å². The number of aryl methyl sites for hydroxylation is 1. The van der Waals surface area contributed by atoms with Crippen LogP contribution in [0.25, 0.3) is 0 Å². The number of hydrogen-bond donors (Lipinski definition) is 2. The minimum atomic E-state index is -0.692. The average Bonchev–Trinajstić information content (AvgIpc) is 2.75. The number of thioether (sulfide) groups is 1. The number of nitrogens with one attached hydrogen (secondary N) is 1. The number of para-hydroxylation sites is 1. The minimum absolute atomic E-state index is 0.0506. The second kappa shape index (κ2) is 9.48. The summed E-state index contributed by atoms with van der Waals surface area (Å²) in [6, 6.07) is 16.3. The molecule has 3 aromatic rings. The average molecular weight is 439 g/mol. The van der Waals surface area contributed by atoms with Gasteiger partial charge in [-0.05, 0) is 36.8 Å². The van der Waals surface area contributed by atoms with Gasteiger partial charge < -0.3 is 10.4 Å². The van der Waals surface area contributed by atoms with Crippen molar-refractivity contribution in [2.45, 2.75) is 6.92 Å². The van der Waals surface area contributed by atoms with E-state index in [0.29, 0.717) is 11.4 Å². The Kier molecular flexibility index (Phi) is 6.76. The summed E-state index contributed by atoms with van der Waals surface area (Å²) in [5.41, 5.74) is 0.678. The highest BCUT2D eigenvalue weighted by Crippen LogP contribution is 2.23. The Morgan fingerprint density at radius 1 is 1.06 bits per heavy atom. The summed E-state index contributed by atoms with van der Waals surface area (Å²) < 4.78 is 1.86. The Morgan fingerprint density at radius 3 is 2.45 bits per heavy atom. The molecule has 160 valence electrons. The first-order valence-corrected chi connectivity index (χ1v) is 10.4. The van der Waals surface area contributed by atoms with Gasteiger partial charge in [-0.1, -0.05) is 42.1 Å². The number of rotatable bonds is 5. The van der Waals surface area contributed by atoms with E-state index in [1.54, 1.807) is 30.3 Å². The molecule has 8 nitrogen and oxygen atoms in total. The van der Waals surface area contributed by atoms with Gasteiger partial charge in [0, 0.05) is 19.8 Å². The Labute approximate surface area is 182 Å². The van der Waals surface area contributed by atoms with Gasteiger partial charge in [-0.25, -0.2) is 9.79 Å². The third-order valence-corrected chi connectivity index (χ3v) is 5.45. The summed E-state index contributed by atoms with van der Waals surface area (Å²) in [4.78, 5) is 41.8. The molecule has 2 aromatic carbocycles. The van der Waals surface area contributed by atoms with E-state index < -0.39 is 17.1 Å². The molecule has 0 aliphatic heterocycles. The summed E-state index contributed by atoms with van der Waals surface area (Å²) in [5.74, 6) is -0.852. The van der Waals surface area contributed by atoms with Crippen LogP contribution >= 0.6 is 11.8 Å². The molecule has 0 saturated carbocycles. The zero-order valence-electron chi connectivity index (χ0n) is 17.3. The van der Waals surface area contributed by atoms with Gasteiger partial charge in [0.1, 0.15) is 10.6 Å². The summed E-state index contributed by atoms with van der Waals surface area (Å²) in [7, 11) is 2.68. The maximum absolute atomic E-state index is 12.8. The Bertz CT molecular complexity index is 1260. The van der Waals surface area contributed by atoms with Crippen LogP contribution in [0.1, 0.15) is 11.1 Å². The van der Waals surface area contributed by atoms with Crippen LogP contribution < -0.4 is 16.6 Å². The third kappa shape index (κ3) is 5.13. The molecule has 3 rings (SSSR count). The molecule has 0 aliphatic rings. The van der Waals surface area contributed by atoms with Crippen molar-refractivity contribution in [1.29, 1.82) is 0 Å². The standard InChI is InChI=1S/C22H22N4O4S/c1-14-8-7-11-16(12-14)24-19(18-20(28)25(2)22(30)26(3)21(18)29)31-13-17(27)23-15-9-5-4-6-10-15/h4-12,28H,13H2,1-3H3,(H,23,27). The molecule has 1 aromatic heterocycles. The molecule has 2 N–H and O–H groups in total. The summed E-state index contributed by atoms with van der Waals surface area (Å²) in [6.45, 7) is 1.90. The van der Waals surface area contributed by atoms with Gasteiger partial charge in [0.15, 0.2) is 0 Å². The van der Waals surface area contributed by atoms with Crippen molar-refractivity contribution in [2.24, 2.45) is 19.1 Å². The number of benzene rings is 2. The predicted molar refractivity (Wildman–Crippen MR) is 123 cm³/mol. The first-order valence-electron chi connectivity index (χ1n) is 9.40. The number of nitrogens with zero attached hydrogens (tertiary/aromatic N) is 3. The molecule has 0 bridgehead atoms. The lowest BCUT2D eigenvalue weighted by Crippen LogP contribution is -2.39. The number of hydrogen-bond acceptors (Lipinski definition) is 6. The van der Waals surface area contributed by atoms with Gasteiger partial charge in [-0.15, -0.1) is 0 Å². The van der Waals surface area contributed by atoms with Crippen molar-refractivity contribution in [3.05, 3.63) is 86.6 Å². The quantitative estimate of drug-likeness (QED) is 0.470. The third-order valence-electron chi connectivity index (χ3n) is 4.48. The molecule has 0 saturated heterocycles. The second-order valence-corrected chi connectivity index (χ2v) is 7.83. The molecule has 0 spiro atoms. The Hall–Kier alpha value is -3.59. The van der Waals surface area contributed by atoms with Crippen LogP contribution in [0.15, 0.2) is 69.2 Å². The van der Waals surface area contributed by atoms with E-state index in [2.05, 4.69) is 10.3 Å². The Morgan fingerprint density at radius 2 is 1.77 bits per heavy atom. The molecule has 0 atom stereocenters. The van der Waals surface area contributed by atoms with Crippen LogP contribution in [-0.4, -0.2) is 30.9 Å². The van der Waals surface area contributed by atoms with E-state index in [0.717, 1.165) is 26.5 Å². The van der Waals surface area contributed by atoms with Gasteiger partial charge in [0.2, 0.25) is 11.8 Å². The number of carbonyl (C=O) groups excluding carboxylic acids is 1. The maximum atomic E-state index is 12.8. The SMILES string of the molecule is Cc1cccc(N=C(SCC(=O)Nc2ccccc2)c2c(O)n(C)c(=O)n(C)c2=O)c1. The van der Waals surface area contributed by atoms with Crippen LogP contribution in [0.3, 0.4) is 0 Å². The largest absolute Gasteiger partial charge is 0.494 e. The van der Waals surface area contributed by atoms with Crippen molar-refractivity contribution < 1.29 is 9.90 Å². The monoisotopic (exact) mass is 438 g/mol. The van der Waals surface area contributed by atoms with Crippen LogP contribution in [0.5, 0.6) is 5.88 Å².